The van der Waals surface area contributed by atoms with Crippen molar-refractivity contribution >= 4 is 17.7 Å². The van der Waals surface area contributed by atoms with E-state index in [9.17, 15) is 14.4 Å². The number of carbonyl (C=O) groups excluding carboxylic acids is 2. The molecule has 0 bridgehead atoms. The Morgan fingerprint density at radius 1 is 0.260 bits per heavy atom. The Bertz CT molecular complexity index is 1640. The van der Waals surface area contributed by atoms with Gasteiger partial charge in [-0.15, -0.1) is 0 Å². The Labute approximate surface area is 632 Å². The number of carboxylic acid groups (broad SMARTS) is 1. The van der Waals surface area contributed by atoms with E-state index in [1.807, 2.05) is 48.5 Å². The average Bonchev–Trinajstić information content (AvgIpc) is 0.917. The minimum Gasteiger partial charge on any atom is -0.481 e. The summed E-state index contributed by atoms with van der Waals surface area (Å²) >= 11 is 0. The summed E-state index contributed by atoms with van der Waals surface area (Å²) in [4.78, 5) is 32.6. The first-order valence-corrected chi connectivity index (χ1v) is 40.3. The second kappa shape index (κ2) is 93.2. The van der Waals surface area contributed by atoms with E-state index in [1.54, 1.807) is 14.0 Å². The number of hydrogen-bond acceptors (Lipinski definition) is 24. The smallest absolute Gasteiger partial charge is 0.308 e. The van der Waals surface area contributed by atoms with E-state index >= 15 is 0 Å². The molecular formula is C79H158O25. The maximum absolute atomic E-state index is 11.6. The zero-order valence-corrected chi connectivity index (χ0v) is 67.7. The van der Waals surface area contributed by atoms with Gasteiger partial charge >= 0.3 is 11.9 Å². The molecule has 0 saturated heterocycles. The molecule has 0 fully saturated rings. The van der Waals surface area contributed by atoms with Crippen LogP contribution in [0.25, 0.3) is 0 Å². The minimum atomic E-state index is -0.706. The molecule has 0 spiro atoms. The predicted molar refractivity (Wildman–Crippen MR) is 407 cm³/mol. The number of Topliss-reactive ketones (excluding diaryl/α,β-unsaturated/α-hetero) is 1. The summed E-state index contributed by atoms with van der Waals surface area (Å²) in [5.41, 5.74) is -0.0885. The van der Waals surface area contributed by atoms with Crippen LogP contribution in [0.2, 0.25) is 0 Å². The summed E-state index contributed by atoms with van der Waals surface area (Å²) < 4.78 is 118. The SMILES string of the molecule is CCC(=O)C(C)(C)CC.CCC(C)C(=O)O.CCC(C)C(=O)OCCCOCCCOCCCOCCCOCCCOCCCOCCCOCCCOCCCOCCCOCCCOCCCOCCCOCCCOCCCOCCCOCCCOCCCOCCCOCCCOC. The van der Waals surface area contributed by atoms with Crippen molar-refractivity contribution in [3.63, 3.8) is 0 Å². The van der Waals surface area contributed by atoms with E-state index in [0.29, 0.717) is 243 Å². The van der Waals surface area contributed by atoms with Crippen LogP contribution >= 0.6 is 0 Å². The number of ether oxygens (including phenoxy) is 21. The summed E-state index contributed by atoms with van der Waals surface area (Å²) in [7, 11) is 1.71. The highest BCUT2D eigenvalue weighted by atomic mass is 16.6. The van der Waals surface area contributed by atoms with Gasteiger partial charge < -0.3 is 105 Å². The zero-order valence-electron chi connectivity index (χ0n) is 67.7. The van der Waals surface area contributed by atoms with E-state index in [-0.39, 0.29) is 23.2 Å². The summed E-state index contributed by atoms with van der Waals surface area (Å²) in [6.07, 6.45) is 20.7. The largest absolute Gasteiger partial charge is 0.481 e. The molecule has 0 rings (SSSR count). The van der Waals surface area contributed by atoms with Gasteiger partial charge in [-0.05, 0) is 141 Å². The summed E-state index contributed by atoms with van der Waals surface area (Å²) in [5.74, 6) is -0.687. The maximum atomic E-state index is 11.6. The van der Waals surface area contributed by atoms with Gasteiger partial charge in [-0.25, -0.2) is 0 Å². The van der Waals surface area contributed by atoms with Crippen LogP contribution in [0.1, 0.15) is 209 Å². The molecule has 104 heavy (non-hydrogen) atoms. The monoisotopic (exact) mass is 1510 g/mol. The van der Waals surface area contributed by atoms with Crippen LogP contribution in [-0.2, 0) is 114 Å². The summed E-state index contributed by atoms with van der Waals surface area (Å²) in [6, 6.07) is 0. The van der Waals surface area contributed by atoms with Gasteiger partial charge in [-0.2, -0.15) is 0 Å². The Morgan fingerprint density at radius 2 is 0.413 bits per heavy atom. The molecule has 25 heteroatoms. The molecule has 0 amide bonds. The van der Waals surface area contributed by atoms with Gasteiger partial charge in [0.05, 0.1) is 18.4 Å². The highest BCUT2D eigenvalue weighted by molar-refractivity contribution is 5.83. The van der Waals surface area contributed by atoms with Crippen molar-refractivity contribution in [1.29, 1.82) is 0 Å². The van der Waals surface area contributed by atoms with Crippen molar-refractivity contribution in [3.05, 3.63) is 0 Å². The molecule has 0 aliphatic heterocycles. The molecule has 0 aliphatic rings. The molecule has 0 radical (unpaired) electrons. The first kappa shape index (κ1) is 106. The maximum Gasteiger partial charge on any atom is 0.308 e. The van der Waals surface area contributed by atoms with E-state index < -0.39 is 5.97 Å². The standard InChI is InChI=1S/C66H132O22.C8H16O.C5H10O2/c1-4-65(2)66(67)88-64-24-63-87-62-23-61-86-60-22-59-85-58-21-57-84-56-20-55-83-54-19-53-82-52-18-51-81-50-17-49-80-48-16-47-79-46-15-45-78-44-14-43-77-42-13-41-76-40-12-39-75-38-11-37-74-36-10-35-73-34-9-33-72-32-8-31-71-30-7-29-70-28-6-27-69-26-5-25-68-3;1-5-7(9)8(3,4)6-2;1-3-4(2)5(6)7/h65H,4-64H2,1-3H3;5-6H2,1-4H3;4H,3H2,1-2H3,(H,6,7). The molecule has 0 aromatic rings. The molecule has 0 aromatic heterocycles. The fraction of sp³-hybridized carbons (Fsp3) is 0.962. The normalized spacial score (nSPS) is 12.1. The van der Waals surface area contributed by atoms with Crippen molar-refractivity contribution in [2.24, 2.45) is 17.3 Å². The molecule has 0 saturated carbocycles. The molecule has 0 aliphatic carbocycles. The summed E-state index contributed by atoms with van der Waals surface area (Å²) in [6.45, 7) is 43.0. The minimum absolute atomic E-state index is 0.0378. The first-order chi connectivity index (χ1) is 50.9. The van der Waals surface area contributed by atoms with Gasteiger partial charge in [0.1, 0.15) is 5.78 Å². The molecular weight excluding hydrogens is 1350 g/mol. The van der Waals surface area contributed by atoms with E-state index in [0.717, 1.165) is 181 Å². The second-order valence-corrected chi connectivity index (χ2v) is 25.8. The van der Waals surface area contributed by atoms with Crippen molar-refractivity contribution in [2.45, 2.75) is 209 Å². The fourth-order valence-corrected chi connectivity index (χ4v) is 8.47. The number of rotatable bonds is 87. The number of hydrogen-bond donors (Lipinski definition) is 1. The van der Waals surface area contributed by atoms with Gasteiger partial charge in [-0.1, -0.05) is 55.4 Å². The third-order valence-corrected chi connectivity index (χ3v) is 15.7. The van der Waals surface area contributed by atoms with Crippen molar-refractivity contribution < 1.29 is 119 Å². The average molecular weight is 1510 g/mol. The number of methoxy groups -OCH3 is 1. The zero-order chi connectivity index (χ0) is 76.5. The van der Waals surface area contributed by atoms with E-state index in [2.05, 4.69) is 0 Å². The van der Waals surface area contributed by atoms with E-state index in [1.165, 1.54) is 0 Å². The first-order valence-electron chi connectivity index (χ1n) is 40.3. The number of carbonyl (C=O) groups is 3. The van der Waals surface area contributed by atoms with Crippen LogP contribution in [0.5, 0.6) is 0 Å². The molecule has 2 unspecified atom stereocenters. The molecule has 0 aromatic carbocycles. The summed E-state index contributed by atoms with van der Waals surface area (Å²) in [5, 5.41) is 8.18. The molecule has 25 nitrogen and oxygen atoms in total. The molecule has 624 valence electrons. The highest BCUT2D eigenvalue weighted by Gasteiger charge is 2.22. The lowest BCUT2D eigenvalue weighted by molar-refractivity contribution is -0.148. The Kier molecular flexibility index (Phi) is 95.0. The lowest BCUT2D eigenvalue weighted by Gasteiger charge is -2.19. The van der Waals surface area contributed by atoms with Gasteiger partial charge in [0.25, 0.3) is 0 Å². The Morgan fingerprint density at radius 3 is 0.519 bits per heavy atom. The van der Waals surface area contributed by atoms with Crippen LogP contribution in [0.4, 0.5) is 0 Å². The number of aliphatic carboxylic acids is 1. The van der Waals surface area contributed by atoms with Crippen LogP contribution < -0.4 is 0 Å². The second-order valence-electron chi connectivity index (χ2n) is 25.8. The number of esters is 1. The fourth-order valence-electron chi connectivity index (χ4n) is 8.47. The Balaban J connectivity index is -0.00000564. The topological polar surface area (TPSA) is 265 Å². The van der Waals surface area contributed by atoms with Crippen molar-refractivity contribution in [1.82, 2.24) is 0 Å². The van der Waals surface area contributed by atoms with Gasteiger partial charge in [0, 0.05) is 283 Å². The molecule has 2 atom stereocenters. The number of ketones is 1. The Hall–Kier alpha value is -2.19. The quantitative estimate of drug-likeness (QED) is 0.0438. The van der Waals surface area contributed by atoms with Crippen LogP contribution in [0.3, 0.4) is 0 Å². The van der Waals surface area contributed by atoms with Gasteiger partial charge in [0.15, 0.2) is 0 Å². The van der Waals surface area contributed by atoms with E-state index in [4.69, 9.17) is 105 Å². The van der Waals surface area contributed by atoms with Gasteiger partial charge in [-0.3, -0.25) is 14.4 Å². The lowest BCUT2D eigenvalue weighted by atomic mass is 9.84. The van der Waals surface area contributed by atoms with Crippen LogP contribution in [0, 0.1) is 17.3 Å². The van der Waals surface area contributed by atoms with Crippen LogP contribution in [-0.4, -0.2) is 294 Å². The predicted octanol–water partition coefficient (Wildman–Crippen LogP) is 12.9. The van der Waals surface area contributed by atoms with Crippen molar-refractivity contribution in [2.75, 3.05) is 271 Å². The van der Waals surface area contributed by atoms with Crippen LogP contribution in [0.15, 0.2) is 0 Å². The third-order valence-electron chi connectivity index (χ3n) is 15.7. The molecule has 0 heterocycles. The van der Waals surface area contributed by atoms with Crippen molar-refractivity contribution in [3.8, 4) is 0 Å². The molecule has 1 N–H and O–H groups in total. The highest BCUT2D eigenvalue weighted by Crippen LogP contribution is 2.22. The third kappa shape index (κ3) is 92.2. The lowest BCUT2D eigenvalue weighted by Crippen LogP contribution is -2.21. The van der Waals surface area contributed by atoms with Gasteiger partial charge in [0.2, 0.25) is 0 Å². The number of carboxylic acids is 1.